The Bertz CT molecular complexity index is 1120. The zero-order chi connectivity index (χ0) is 22.2. The molecule has 0 aromatic heterocycles. The fraction of sp³-hybridized carbons (Fsp3) is 0.167. The smallest absolute Gasteiger partial charge is 0.261 e. The van der Waals surface area contributed by atoms with Crippen molar-refractivity contribution in [3.05, 3.63) is 92.4 Å². The number of hydrogen-bond donors (Lipinski definition) is 1. The predicted octanol–water partition coefficient (Wildman–Crippen LogP) is 5.90. The predicted molar refractivity (Wildman–Crippen MR) is 124 cm³/mol. The number of amides is 2. The second-order valence-corrected chi connectivity index (χ2v) is 9.30. The van der Waals surface area contributed by atoms with E-state index in [1.807, 2.05) is 18.2 Å². The molecule has 1 aliphatic heterocycles. The molecule has 0 saturated heterocycles. The number of aliphatic hydroxyl groups is 1. The van der Waals surface area contributed by atoms with Crippen LogP contribution in [0.2, 0.25) is 0 Å². The Labute approximate surface area is 196 Å². The Kier molecular flexibility index (Phi) is 6.01. The monoisotopic (exact) mass is 543 g/mol. The minimum Gasteiger partial charge on any atom is -0.456 e. The van der Waals surface area contributed by atoms with Gasteiger partial charge in [-0.3, -0.25) is 14.5 Å². The zero-order valence-electron chi connectivity index (χ0n) is 16.6. The van der Waals surface area contributed by atoms with Gasteiger partial charge in [0.05, 0.1) is 21.2 Å². The van der Waals surface area contributed by atoms with Crippen molar-refractivity contribution in [2.45, 2.75) is 18.9 Å². The number of fused-ring (bicyclic) bond motifs is 1. The quantitative estimate of drug-likeness (QED) is 0.392. The largest absolute Gasteiger partial charge is 0.456 e. The van der Waals surface area contributed by atoms with Gasteiger partial charge in [-0.2, -0.15) is 0 Å². The normalized spacial score (nSPS) is 15.0. The third-order valence-corrected chi connectivity index (χ3v) is 6.41. The van der Waals surface area contributed by atoms with Gasteiger partial charge in [0.2, 0.25) is 0 Å². The average Bonchev–Trinajstić information content (AvgIpc) is 2.99. The van der Waals surface area contributed by atoms with Crippen molar-refractivity contribution in [2.24, 2.45) is 0 Å². The van der Waals surface area contributed by atoms with Gasteiger partial charge >= 0.3 is 0 Å². The van der Waals surface area contributed by atoms with Gasteiger partial charge in [0, 0.05) is 11.0 Å². The lowest BCUT2D eigenvalue weighted by Gasteiger charge is -2.26. The molecule has 1 N–H and O–H groups in total. The van der Waals surface area contributed by atoms with Crippen LogP contribution >= 0.6 is 31.9 Å². The molecule has 2 amide bonds. The van der Waals surface area contributed by atoms with Crippen LogP contribution in [-0.4, -0.2) is 28.4 Å². The van der Waals surface area contributed by atoms with Crippen molar-refractivity contribution in [3.63, 3.8) is 0 Å². The van der Waals surface area contributed by atoms with E-state index in [9.17, 15) is 14.7 Å². The van der Waals surface area contributed by atoms with E-state index in [0.29, 0.717) is 28.2 Å². The number of rotatable bonds is 6. The highest BCUT2D eigenvalue weighted by Gasteiger charge is 2.36. The van der Waals surface area contributed by atoms with Crippen molar-refractivity contribution < 1.29 is 19.4 Å². The van der Waals surface area contributed by atoms with Crippen molar-refractivity contribution >= 4 is 43.7 Å². The Morgan fingerprint density at radius 1 is 0.935 bits per heavy atom. The van der Waals surface area contributed by atoms with Gasteiger partial charge in [0.1, 0.15) is 11.5 Å². The second kappa shape index (κ2) is 8.57. The van der Waals surface area contributed by atoms with Crippen molar-refractivity contribution in [1.82, 2.24) is 4.90 Å². The minimum absolute atomic E-state index is 0.128. The van der Waals surface area contributed by atoms with Crippen LogP contribution in [0.15, 0.2) is 75.7 Å². The summed E-state index contributed by atoms with van der Waals surface area (Å²) in [5.74, 6) is 0.664. The third kappa shape index (κ3) is 4.44. The number of carbonyl (C=O) groups excluding carboxylic acids is 2. The molecule has 0 fully saturated rings. The Balaban J connectivity index is 1.43. The summed E-state index contributed by atoms with van der Waals surface area (Å²) in [6.45, 7) is 1.80. The number of hydrogen-bond acceptors (Lipinski definition) is 4. The summed E-state index contributed by atoms with van der Waals surface area (Å²) in [6.07, 6.45) is 0.219. The lowest BCUT2D eigenvalue weighted by atomic mass is 9.92. The first-order chi connectivity index (χ1) is 14.8. The number of ether oxygens (including phenoxy) is 1. The third-order valence-electron chi connectivity index (χ3n) is 5.30. The number of nitrogens with zero attached hydrogens (tertiary/aromatic N) is 1. The molecule has 31 heavy (non-hydrogen) atoms. The van der Waals surface area contributed by atoms with Gasteiger partial charge in [0.25, 0.3) is 11.8 Å². The Hall–Kier alpha value is -2.48. The highest BCUT2D eigenvalue weighted by molar-refractivity contribution is 9.11. The summed E-state index contributed by atoms with van der Waals surface area (Å²) in [5, 5.41) is 11.0. The van der Waals surface area contributed by atoms with Crippen LogP contribution in [0.5, 0.6) is 11.5 Å². The standard InChI is InChI=1S/C24H19Br2NO4/c1-24(30,12-13-27-22(28)18-4-2-3-5-19(18)23(27)29)15-6-9-17(10-7-15)31-21-11-8-16(25)14-20(21)26/h2-11,14,30H,12-13H2,1H3. The van der Waals surface area contributed by atoms with Crippen LogP contribution in [-0.2, 0) is 5.60 Å². The van der Waals surface area contributed by atoms with Gasteiger partial charge in [-0.25, -0.2) is 0 Å². The second-order valence-electron chi connectivity index (χ2n) is 7.53. The average molecular weight is 545 g/mol. The molecule has 0 aliphatic carbocycles. The summed E-state index contributed by atoms with van der Waals surface area (Å²) < 4.78 is 7.65. The number of halogens is 2. The summed E-state index contributed by atoms with van der Waals surface area (Å²) in [6, 6.07) is 19.5. The summed E-state index contributed by atoms with van der Waals surface area (Å²) >= 11 is 6.88. The molecule has 0 saturated carbocycles. The van der Waals surface area contributed by atoms with Gasteiger partial charge in [-0.1, -0.05) is 40.2 Å². The lowest BCUT2D eigenvalue weighted by Crippen LogP contribution is -2.35. The Morgan fingerprint density at radius 3 is 2.13 bits per heavy atom. The number of imide groups is 1. The molecular weight excluding hydrogens is 526 g/mol. The minimum atomic E-state index is -1.22. The van der Waals surface area contributed by atoms with Gasteiger partial charge < -0.3 is 9.84 Å². The van der Waals surface area contributed by atoms with Crippen LogP contribution in [0.4, 0.5) is 0 Å². The topological polar surface area (TPSA) is 66.8 Å². The maximum Gasteiger partial charge on any atom is 0.261 e. The molecule has 0 radical (unpaired) electrons. The summed E-state index contributed by atoms with van der Waals surface area (Å²) in [5.41, 5.74) is 0.276. The van der Waals surface area contributed by atoms with Crippen LogP contribution in [0.25, 0.3) is 0 Å². The fourth-order valence-electron chi connectivity index (χ4n) is 3.48. The molecule has 0 bridgehead atoms. The van der Waals surface area contributed by atoms with Crippen LogP contribution < -0.4 is 4.74 Å². The lowest BCUT2D eigenvalue weighted by molar-refractivity contribution is 0.0339. The molecule has 0 spiro atoms. The van der Waals surface area contributed by atoms with Crippen molar-refractivity contribution in [1.29, 1.82) is 0 Å². The highest BCUT2D eigenvalue weighted by atomic mass is 79.9. The molecule has 3 aromatic rings. The first-order valence-corrected chi connectivity index (χ1v) is 11.3. The van der Waals surface area contributed by atoms with Crippen LogP contribution in [0.3, 0.4) is 0 Å². The van der Waals surface area contributed by atoms with E-state index >= 15 is 0 Å². The number of benzene rings is 3. The molecule has 1 aliphatic rings. The summed E-state index contributed by atoms with van der Waals surface area (Å²) in [7, 11) is 0. The van der Waals surface area contributed by atoms with Crippen molar-refractivity contribution in [2.75, 3.05) is 6.54 Å². The van der Waals surface area contributed by atoms with Gasteiger partial charge in [0.15, 0.2) is 0 Å². The van der Waals surface area contributed by atoms with Crippen LogP contribution in [0.1, 0.15) is 39.6 Å². The van der Waals surface area contributed by atoms with Gasteiger partial charge in [-0.05, 0) is 77.3 Å². The van der Waals surface area contributed by atoms with E-state index in [4.69, 9.17) is 4.74 Å². The highest BCUT2D eigenvalue weighted by Crippen LogP contribution is 2.34. The van der Waals surface area contributed by atoms with Gasteiger partial charge in [-0.15, -0.1) is 0 Å². The first-order valence-electron chi connectivity index (χ1n) is 9.67. The fourth-order valence-corrected chi connectivity index (χ4v) is 4.61. The molecule has 1 unspecified atom stereocenters. The first kappa shape index (κ1) is 21.7. The number of carbonyl (C=O) groups is 2. The van der Waals surface area contributed by atoms with E-state index < -0.39 is 5.60 Å². The molecule has 7 heteroatoms. The van der Waals surface area contributed by atoms with E-state index in [0.717, 1.165) is 8.95 Å². The maximum absolute atomic E-state index is 12.5. The molecule has 3 aromatic carbocycles. The van der Waals surface area contributed by atoms with Crippen LogP contribution in [0, 0.1) is 0 Å². The molecule has 5 nitrogen and oxygen atoms in total. The maximum atomic E-state index is 12.5. The molecule has 1 heterocycles. The van der Waals surface area contributed by atoms with Crippen molar-refractivity contribution in [3.8, 4) is 11.5 Å². The van der Waals surface area contributed by atoms with E-state index in [1.54, 1.807) is 55.5 Å². The summed E-state index contributed by atoms with van der Waals surface area (Å²) in [4.78, 5) is 26.3. The van der Waals surface area contributed by atoms with E-state index in [-0.39, 0.29) is 24.8 Å². The SMILES string of the molecule is CC(O)(CCN1C(=O)c2ccccc2C1=O)c1ccc(Oc2ccc(Br)cc2Br)cc1. The zero-order valence-corrected chi connectivity index (χ0v) is 19.8. The van der Waals surface area contributed by atoms with E-state index in [1.165, 1.54) is 4.90 Å². The molecule has 4 rings (SSSR count). The molecular formula is C24H19Br2NO4. The van der Waals surface area contributed by atoms with E-state index in [2.05, 4.69) is 31.9 Å². The Morgan fingerprint density at radius 2 is 1.55 bits per heavy atom. The molecule has 158 valence electrons. The molecule has 1 atom stereocenters.